The number of epoxide rings is 1. The second-order valence-corrected chi connectivity index (χ2v) is 5.88. The largest absolute Gasteiger partial charge is 0.490 e. The molecule has 1 heterocycles. The van der Waals surface area contributed by atoms with Crippen LogP contribution in [0.15, 0.2) is 46.9 Å². The number of halogens is 1. The first-order valence-corrected chi connectivity index (χ1v) is 7.59. The van der Waals surface area contributed by atoms with Gasteiger partial charge < -0.3 is 9.47 Å². The Morgan fingerprint density at radius 3 is 2.76 bits per heavy atom. The van der Waals surface area contributed by atoms with Crippen LogP contribution in [-0.4, -0.2) is 25.1 Å². The fourth-order valence-electron chi connectivity index (χ4n) is 2.15. The monoisotopic (exact) mass is 346 g/mol. The lowest BCUT2D eigenvalue weighted by atomic mass is 9.98. The highest BCUT2D eigenvalue weighted by Gasteiger charge is 2.25. The van der Waals surface area contributed by atoms with E-state index < -0.39 is 0 Å². The summed E-state index contributed by atoms with van der Waals surface area (Å²) in [5, 5.41) is 0. The first kappa shape index (κ1) is 14.3. The molecule has 0 aliphatic carbocycles. The molecule has 108 valence electrons. The van der Waals surface area contributed by atoms with Crippen molar-refractivity contribution in [3.05, 3.63) is 63.6 Å². The van der Waals surface area contributed by atoms with Gasteiger partial charge in [0.05, 0.1) is 12.2 Å². The van der Waals surface area contributed by atoms with E-state index in [-0.39, 0.29) is 11.9 Å². The molecule has 0 saturated carbocycles. The van der Waals surface area contributed by atoms with Crippen molar-refractivity contribution in [1.82, 2.24) is 0 Å². The summed E-state index contributed by atoms with van der Waals surface area (Å²) < 4.78 is 11.6. The number of rotatable bonds is 5. The summed E-state index contributed by atoms with van der Waals surface area (Å²) in [5.74, 6) is 0.556. The maximum atomic E-state index is 12.8. The molecule has 0 bridgehead atoms. The minimum atomic E-state index is -0.0349. The van der Waals surface area contributed by atoms with E-state index >= 15 is 0 Å². The van der Waals surface area contributed by atoms with Gasteiger partial charge in [0.1, 0.15) is 18.5 Å². The summed E-state index contributed by atoms with van der Waals surface area (Å²) in [7, 11) is 0. The van der Waals surface area contributed by atoms with Gasteiger partial charge in [-0.05, 0) is 40.5 Å². The molecule has 2 aromatic carbocycles. The zero-order valence-electron chi connectivity index (χ0n) is 11.6. The number of hydrogen-bond donors (Lipinski definition) is 0. The van der Waals surface area contributed by atoms with Crippen molar-refractivity contribution in [2.24, 2.45) is 0 Å². The minimum absolute atomic E-state index is 0.0349. The van der Waals surface area contributed by atoms with Gasteiger partial charge in [0.15, 0.2) is 5.78 Å². The molecule has 3 rings (SSSR count). The van der Waals surface area contributed by atoms with Crippen molar-refractivity contribution in [3.8, 4) is 5.75 Å². The highest BCUT2D eigenvalue weighted by molar-refractivity contribution is 9.10. The summed E-state index contributed by atoms with van der Waals surface area (Å²) >= 11 is 3.46. The molecule has 1 fully saturated rings. The van der Waals surface area contributed by atoms with E-state index in [1.54, 1.807) is 0 Å². The third kappa shape index (κ3) is 3.17. The lowest BCUT2D eigenvalue weighted by Gasteiger charge is -2.13. The fraction of sp³-hybridized carbons (Fsp3) is 0.235. The average molecular weight is 347 g/mol. The van der Waals surface area contributed by atoms with Crippen molar-refractivity contribution in [3.63, 3.8) is 0 Å². The van der Waals surface area contributed by atoms with E-state index in [1.807, 2.05) is 49.4 Å². The van der Waals surface area contributed by atoms with Crippen LogP contribution in [0.4, 0.5) is 0 Å². The van der Waals surface area contributed by atoms with E-state index in [4.69, 9.17) is 9.47 Å². The van der Waals surface area contributed by atoms with Crippen LogP contribution in [0.2, 0.25) is 0 Å². The SMILES string of the molecule is Cc1ccccc1C(=O)c1c(Br)cccc1OCC1CO1. The van der Waals surface area contributed by atoms with Crippen molar-refractivity contribution in [2.75, 3.05) is 13.2 Å². The molecule has 1 atom stereocenters. The predicted octanol–water partition coefficient (Wildman–Crippen LogP) is 3.77. The Labute approximate surface area is 132 Å². The Kier molecular flexibility index (Phi) is 4.08. The molecule has 21 heavy (non-hydrogen) atoms. The Morgan fingerprint density at radius 2 is 2.05 bits per heavy atom. The molecule has 4 heteroatoms. The topological polar surface area (TPSA) is 38.8 Å². The van der Waals surface area contributed by atoms with Crippen molar-refractivity contribution in [1.29, 1.82) is 0 Å². The number of carbonyl (C=O) groups is 1. The van der Waals surface area contributed by atoms with Crippen LogP contribution in [0.25, 0.3) is 0 Å². The van der Waals surface area contributed by atoms with Crippen LogP contribution in [-0.2, 0) is 4.74 Å². The van der Waals surface area contributed by atoms with E-state index in [1.165, 1.54) is 0 Å². The van der Waals surface area contributed by atoms with E-state index in [0.717, 1.165) is 16.6 Å². The number of benzene rings is 2. The molecule has 2 aromatic rings. The first-order chi connectivity index (χ1) is 10.2. The standard InChI is InChI=1S/C17H15BrO3/c1-11-5-2-3-6-13(11)17(19)16-14(18)7-4-8-15(16)21-10-12-9-20-12/h2-8,12H,9-10H2,1H3. The van der Waals surface area contributed by atoms with Gasteiger partial charge in [0.25, 0.3) is 0 Å². The van der Waals surface area contributed by atoms with Gasteiger partial charge in [-0.2, -0.15) is 0 Å². The van der Waals surface area contributed by atoms with Gasteiger partial charge in [-0.15, -0.1) is 0 Å². The van der Waals surface area contributed by atoms with E-state index in [2.05, 4.69) is 15.9 Å². The normalized spacial score (nSPS) is 16.6. The number of ketones is 1. The van der Waals surface area contributed by atoms with E-state index in [0.29, 0.717) is 23.5 Å². The van der Waals surface area contributed by atoms with Gasteiger partial charge >= 0.3 is 0 Å². The second-order valence-electron chi connectivity index (χ2n) is 5.02. The highest BCUT2D eigenvalue weighted by Crippen LogP contribution is 2.30. The maximum absolute atomic E-state index is 12.8. The van der Waals surface area contributed by atoms with Crippen LogP contribution in [0, 0.1) is 6.92 Å². The quantitative estimate of drug-likeness (QED) is 0.611. The van der Waals surface area contributed by atoms with Crippen molar-refractivity contribution in [2.45, 2.75) is 13.0 Å². The third-order valence-electron chi connectivity index (χ3n) is 3.42. The predicted molar refractivity (Wildman–Crippen MR) is 84.0 cm³/mol. The molecule has 0 amide bonds. The molecule has 1 saturated heterocycles. The van der Waals surface area contributed by atoms with Crippen LogP contribution in [0.3, 0.4) is 0 Å². The summed E-state index contributed by atoms with van der Waals surface area (Å²) in [6, 6.07) is 13.1. The molecule has 0 aromatic heterocycles. The van der Waals surface area contributed by atoms with Gasteiger partial charge in [-0.25, -0.2) is 0 Å². The Bertz CT molecular complexity index is 677. The highest BCUT2D eigenvalue weighted by atomic mass is 79.9. The molecular weight excluding hydrogens is 332 g/mol. The summed E-state index contributed by atoms with van der Waals surface area (Å²) in [4.78, 5) is 12.8. The fourth-order valence-corrected chi connectivity index (χ4v) is 2.68. The van der Waals surface area contributed by atoms with Crippen LogP contribution >= 0.6 is 15.9 Å². The zero-order valence-corrected chi connectivity index (χ0v) is 13.2. The van der Waals surface area contributed by atoms with Gasteiger partial charge in [-0.3, -0.25) is 4.79 Å². The summed E-state index contributed by atoms with van der Waals surface area (Å²) in [5.41, 5.74) is 2.21. The lowest BCUT2D eigenvalue weighted by Crippen LogP contribution is -2.11. The van der Waals surface area contributed by atoms with Crippen LogP contribution < -0.4 is 4.74 Å². The average Bonchev–Trinajstić information content (AvgIpc) is 3.29. The molecule has 0 radical (unpaired) electrons. The lowest BCUT2D eigenvalue weighted by molar-refractivity contribution is 0.103. The first-order valence-electron chi connectivity index (χ1n) is 6.80. The smallest absolute Gasteiger partial charge is 0.198 e. The molecule has 1 aliphatic rings. The minimum Gasteiger partial charge on any atom is -0.490 e. The van der Waals surface area contributed by atoms with Crippen molar-refractivity contribution < 1.29 is 14.3 Å². The zero-order chi connectivity index (χ0) is 14.8. The maximum Gasteiger partial charge on any atom is 0.198 e. The number of aryl methyl sites for hydroxylation is 1. The van der Waals surface area contributed by atoms with Gasteiger partial charge in [0, 0.05) is 10.0 Å². The third-order valence-corrected chi connectivity index (χ3v) is 4.08. The van der Waals surface area contributed by atoms with E-state index in [9.17, 15) is 4.79 Å². The van der Waals surface area contributed by atoms with Crippen LogP contribution in [0.5, 0.6) is 5.75 Å². The van der Waals surface area contributed by atoms with Crippen LogP contribution in [0.1, 0.15) is 21.5 Å². The number of hydrogen-bond acceptors (Lipinski definition) is 3. The molecule has 0 N–H and O–H groups in total. The number of ether oxygens (including phenoxy) is 2. The molecule has 0 spiro atoms. The summed E-state index contributed by atoms with van der Waals surface area (Å²) in [6.45, 7) is 3.14. The Hall–Kier alpha value is -1.65. The number of carbonyl (C=O) groups excluding carboxylic acids is 1. The Balaban J connectivity index is 1.96. The molecule has 1 unspecified atom stereocenters. The molecule has 1 aliphatic heterocycles. The summed E-state index contributed by atoms with van der Waals surface area (Å²) in [6.07, 6.45) is 0.158. The van der Waals surface area contributed by atoms with Gasteiger partial charge in [-0.1, -0.05) is 30.3 Å². The Morgan fingerprint density at radius 1 is 1.29 bits per heavy atom. The second kappa shape index (κ2) is 6.00. The molecule has 3 nitrogen and oxygen atoms in total. The van der Waals surface area contributed by atoms with Crippen molar-refractivity contribution >= 4 is 21.7 Å². The molecular formula is C17H15BrO3. The van der Waals surface area contributed by atoms with Gasteiger partial charge in [0.2, 0.25) is 0 Å².